The molecule has 1 fully saturated rings. The average Bonchev–Trinajstić information content (AvgIpc) is 3.54. The molecule has 0 saturated carbocycles. The van der Waals surface area contributed by atoms with Crippen molar-refractivity contribution in [1.29, 1.82) is 0 Å². The highest BCUT2D eigenvalue weighted by Crippen LogP contribution is 2.32. The Balaban J connectivity index is 1.63. The molecule has 0 aromatic heterocycles. The number of amides is 2. The summed E-state index contributed by atoms with van der Waals surface area (Å²) in [7, 11) is -0.659. The van der Waals surface area contributed by atoms with Crippen LogP contribution < -0.4 is 16.8 Å². The Hall–Kier alpha value is -3.97. The van der Waals surface area contributed by atoms with Gasteiger partial charge in [0.25, 0.3) is 0 Å². The van der Waals surface area contributed by atoms with Crippen LogP contribution in [-0.4, -0.2) is 99.5 Å². The van der Waals surface area contributed by atoms with E-state index in [4.69, 9.17) is 16.2 Å². The van der Waals surface area contributed by atoms with Crippen LogP contribution in [0.5, 0.6) is 0 Å². The van der Waals surface area contributed by atoms with Gasteiger partial charge >= 0.3 is 6.09 Å². The number of carbonyl (C=O) groups is 2. The molecule has 5 N–H and O–H groups in total. The van der Waals surface area contributed by atoms with Crippen molar-refractivity contribution in [2.45, 2.75) is 49.2 Å². The first-order valence-corrected chi connectivity index (χ1v) is 17.4. The number of nitrogens with one attached hydrogen (secondary N) is 1. The minimum absolute atomic E-state index is 0.118. The number of nitrogen functional groups attached to an aromatic ring is 1. The number of benzene rings is 3. The SMILES string of the molecule is COC(=O)N(CCN(C)[C@@H]1CNC[C@H]1N(CCC(C)C)S(=O)(=O)c1ccc(N)cc1)[C@H](C(N)=O)C(c1ccccc1)c1ccccc1. The molecule has 0 spiro atoms. The molecule has 1 saturated heterocycles. The van der Waals surface area contributed by atoms with E-state index in [0.717, 1.165) is 11.1 Å². The molecule has 1 heterocycles. The van der Waals surface area contributed by atoms with Crippen LogP contribution in [0.4, 0.5) is 10.5 Å². The van der Waals surface area contributed by atoms with Gasteiger partial charge < -0.3 is 21.5 Å². The number of primary amides is 1. The molecule has 0 bridgehead atoms. The Morgan fingerprint density at radius 1 is 0.872 bits per heavy atom. The highest BCUT2D eigenvalue weighted by Gasteiger charge is 2.42. The number of sulfonamides is 1. The zero-order valence-corrected chi connectivity index (χ0v) is 28.5. The van der Waals surface area contributed by atoms with E-state index >= 15 is 0 Å². The first kappa shape index (κ1) is 35.9. The average molecular weight is 665 g/mol. The minimum atomic E-state index is -3.84. The predicted molar refractivity (Wildman–Crippen MR) is 184 cm³/mol. The van der Waals surface area contributed by atoms with Crippen molar-refractivity contribution in [3.8, 4) is 0 Å². The van der Waals surface area contributed by atoms with E-state index < -0.39 is 34.0 Å². The first-order valence-electron chi connectivity index (χ1n) is 16.0. The van der Waals surface area contributed by atoms with Crippen molar-refractivity contribution in [2.24, 2.45) is 11.7 Å². The monoisotopic (exact) mass is 664 g/mol. The van der Waals surface area contributed by atoms with Crippen molar-refractivity contribution in [3.63, 3.8) is 0 Å². The van der Waals surface area contributed by atoms with E-state index in [2.05, 4.69) is 19.2 Å². The first-order chi connectivity index (χ1) is 22.4. The van der Waals surface area contributed by atoms with Gasteiger partial charge in [0.2, 0.25) is 15.9 Å². The zero-order chi connectivity index (χ0) is 34.1. The number of carbonyl (C=O) groups excluding carboxylic acids is 2. The van der Waals surface area contributed by atoms with Crippen LogP contribution in [0.1, 0.15) is 37.3 Å². The number of hydrogen-bond acceptors (Lipinski definition) is 8. The maximum atomic E-state index is 14.0. The Kier molecular flexibility index (Phi) is 12.4. The summed E-state index contributed by atoms with van der Waals surface area (Å²) in [5, 5.41) is 3.38. The lowest BCUT2D eigenvalue weighted by atomic mass is 9.84. The van der Waals surface area contributed by atoms with Crippen LogP contribution >= 0.6 is 0 Å². The van der Waals surface area contributed by atoms with Crippen molar-refractivity contribution in [3.05, 3.63) is 96.1 Å². The van der Waals surface area contributed by atoms with Crippen molar-refractivity contribution < 1.29 is 22.7 Å². The van der Waals surface area contributed by atoms with Gasteiger partial charge in [-0.05, 0) is 54.8 Å². The van der Waals surface area contributed by atoms with Gasteiger partial charge in [0.05, 0.1) is 18.0 Å². The molecule has 12 heteroatoms. The van der Waals surface area contributed by atoms with Gasteiger partial charge in [-0.25, -0.2) is 13.2 Å². The molecular weight excluding hydrogens is 616 g/mol. The van der Waals surface area contributed by atoms with Gasteiger partial charge in [0, 0.05) is 50.4 Å². The Labute approximate surface area is 278 Å². The van der Waals surface area contributed by atoms with Gasteiger partial charge in [-0.15, -0.1) is 0 Å². The molecule has 254 valence electrons. The van der Waals surface area contributed by atoms with Crippen LogP contribution in [0.2, 0.25) is 0 Å². The number of rotatable bonds is 15. The molecule has 0 unspecified atom stereocenters. The molecular formula is C35H48N6O5S. The minimum Gasteiger partial charge on any atom is -0.453 e. The molecule has 11 nitrogen and oxygen atoms in total. The molecule has 3 aromatic carbocycles. The van der Waals surface area contributed by atoms with Crippen LogP contribution in [0.15, 0.2) is 89.8 Å². The number of nitrogens with zero attached hydrogens (tertiary/aromatic N) is 3. The maximum Gasteiger partial charge on any atom is 0.410 e. The van der Waals surface area contributed by atoms with Crippen LogP contribution in [0, 0.1) is 5.92 Å². The van der Waals surface area contributed by atoms with Gasteiger partial charge in [0.1, 0.15) is 6.04 Å². The number of methoxy groups -OCH3 is 1. The van der Waals surface area contributed by atoms with Gasteiger partial charge in [-0.3, -0.25) is 14.6 Å². The van der Waals surface area contributed by atoms with E-state index in [1.807, 2.05) is 72.6 Å². The number of anilines is 1. The van der Waals surface area contributed by atoms with E-state index in [0.29, 0.717) is 44.2 Å². The lowest BCUT2D eigenvalue weighted by Gasteiger charge is -2.38. The van der Waals surface area contributed by atoms with E-state index in [-0.39, 0.29) is 23.5 Å². The predicted octanol–water partition coefficient (Wildman–Crippen LogP) is 3.33. The van der Waals surface area contributed by atoms with Gasteiger partial charge in [-0.1, -0.05) is 74.5 Å². The number of hydrogen-bond donors (Lipinski definition) is 3. The third kappa shape index (κ3) is 8.69. The highest BCUT2D eigenvalue weighted by molar-refractivity contribution is 7.89. The molecule has 1 aliphatic rings. The quantitative estimate of drug-likeness (QED) is 0.210. The fraction of sp³-hybridized carbons (Fsp3) is 0.429. The molecule has 1 aliphatic heterocycles. The molecule has 3 aromatic rings. The molecule has 3 atom stereocenters. The summed E-state index contributed by atoms with van der Waals surface area (Å²) in [5.74, 6) is -0.909. The normalized spacial score (nSPS) is 17.4. The van der Waals surface area contributed by atoms with Crippen LogP contribution in [-0.2, 0) is 19.6 Å². The number of nitrogens with two attached hydrogens (primary N) is 2. The fourth-order valence-electron chi connectivity index (χ4n) is 6.29. The summed E-state index contributed by atoms with van der Waals surface area (Å²) in [6.45, 7) is 5.96. The summed E-state index contributed by atoms with van der Waals surface area (Å²) >= 11 is 0. The second kappa shape index (κ2) is 16.2. The third-order valence-electron chi connectivity index (χ3n) is 8.86. The maximum absolute atomic E-state index is 14.0. The van der Waals surface area contributed by atoms with E-state index in [9.17, 15) is 18.0 Å². The Morgan fingerprint density at radius 2 is 1.43 bits per heavy atom. The number of ether oxygens (including phenoxy) is 1. The number of likely N-dealkylation sites (N-methyl/N-ethyl adjacent to an activating group) is 1. The summed E-state index contributed by atoms with van der Waals surface area (Å²) < 4.78 is 34.9. The summed E-state index contributed by atoms with van der Waals surface area (Å²) in [6.07, 6.45) is 0.0161. The molecule has 47 heavy (non-hydrogen) atoms. The Morgan fingerprint density at radius 3 is 1.94 bits per heavy atom. The van der Waals surface area contributed by atoms with Crippen molar-refractivity contribution >= 4 is 27.7 Å². The van der Waals surface area contributed by atoms with Crippen molar-refractivity contribution in [2.75, 3.05) is 52.6 Å². The summed E-state index contributed by atoms with van der Waals surface area (Å²) in [5.41, 5.74) is 14.1. The van der Waals surface area contributed by atoms with Gasteiger partial charge in [0.15, 0.2) is 0 Å². The zero-order valence-electron chi connectivity index (χ0n) is 27.7. The second-order valence-corrected chi connectivity index (χ2v) is 14.3. The van der Waals surface area contributed by atoms with E-state index in [1.165, 1.54) is 12.0 Å². The molecule has 0 aliphatic carbocycles. The van der Waals surface area contributed by atoms with Gasteiger partial charge in [-0.2, -0.15) is 4.31 Å². The summed E-state index contributed by atoms with van der Waals surface area (Å²) in [6, 6.07) is 23.6. The topological polar surface area (TPSA) is 151 Å². The fourth-order valence-corrected chi connectivity index (χ4v) is 7.96. The second-order valence-electron chi connectivity index (χ2n) is 12.5. The highest BCUT2D eigenvalue weighted by atomic mass is 32.2. The Bertz CT molecular complexity index is 1520. The standard InChI is InChI=1S/C35H48N6O5S/c1-25(2)19-20-41(47(44,45)29-17-15-28(36)16-18-29)31-24-38-23-30(31)39(3)21-22-40(35(43)46-4)33(34(37)42)32(26-11-7-5-8-12-26)27-13-9-6-10-14-27/h5-18,25,30-33,38H,19-24,36H2,1-4H3,(H2,37,42)/t30-,31-,33+/m1/s1. The lowest BCUT2D eigenvalue weighted by molar-refractivity contribution is -0.123. The van der Waals surface area contributed by atoms with Crippen molar-refractivity contribution in [1.82, 2.24) is 19.4 Å². The van der Waals surface area contributed by atoms with Crippen LogP contribution in [0.25, 0.3) is 0 Å². The molecule has 2 amide bonds. The lowest BCUT2D eigenvalue weighted by Crippen LogP contribution is -2.56. The molecule has 0 radical (unpaired) electrons. The molecule has 4 rings (SSSR count). The largest absolute Gasteiger partial charge is 0.453 e. The van der Waals surface area contributed by atoms with E-state index in [1.54, 1.807) is 28.6 Å². The summed E-state index contributed by atoms with van der Waals surface area (Å²) in [4.78, 5) is 30.2. The third-order valence-corrected chi connectivity index (χ3v) is 10.8. The van der Waals surface area contributed by atoms with Crippen LogP contribution in [0.3, 0.4) is 0 Å². The smallest absolute Gasteiger partial charge is 0.410 e.